The first kappa shape index (κ1) is 12.8. The molecule has 0 spiro atoms. The van der Waals surface area contributed by atoms with Gasteiger partial charge < -0.3 is 5.11 Å². The number of hydrogen-bond donors (Lipinski definition) is 1. The monoisotopic (exact) mass is 254 g/mol. The Bertz CT molecular complexity index is 385. The predicted octanol–water partition coefficient (Wildman–Crippen LogP) is 2.33. The summed E-state index contributed by atoms with van der Waals surface area (Å²) in [4.78, 5) is 6.35. The molecular weight excluding hydrogens is 236 g/mol. The molecule has 1 atom stereocenters. The van der Waals surface area contributed by atoms with Gasteiger partial charge in [0.05, 0.1) is 5.02 Å². The number of rotatable bonds is 3. The number of aliphatic hydroxyl groups excluding tert-OH is 1. The highest BCUT2D eigenvalue weighted by Crippen LogP contribution is 2.30. The van der Waals surface area contributed by atoms with Crippen molar-refractivity contribution < 1.29 is 5.11 Å². The molecule has 0 radical (unpaired) electrons. The molecule has 1 unspecified atom stereocenters. The quantitative estimate of drug-likeness (QED) is 0.900. The lowest BCUT2D eigenvalue weighted by molar-refractivity contribution is 0.0429. The van der Waals surface area contributed by atoms with Crippen molar-refractivity contribution in [1.29, 1.82) is 0 Å². The minimum atomic E-state index is 0.0394. The van der Waals surface area contributed by atoms with Crippen LogP contribution in [0.4, 0.5) is 0 Å². The highest BCUT2D eigenvalue weighted by Gasteiger charge is 2.30. The molecule has 1 saturated heterocycles. The molecule has 0 aromatic carbocycles. The van der Waals surface area contributed by atoms with Crippen molar-refractivity contribution in [2.24, 2.45) is 5.41 Å². The van der Waals surface area contributed by atoms with E-state index in [2.05, 4.69) is 16.8 Å². The van der Waals surface area contributed by atoms with Gasteiger partial charge in [-0.15, -0.1) is 0 Å². The molecular formula is C13H19ClN2O. The van der Waals surface area contributed by atoms with Crippen LogP contribution in [0.25, 0.3) is 0 Å². The highest BCUT2D eigenvalue weighted by atomic mass is 35.5. The van der Waals surface area contributed by atoms with Crippen LogP contribution in [0, 0.1) is 5.41 Å². The van der Waals surface area contributed by atoms with Crippen molar-refractivity contribution in [3.63, 3.8) is 0 Å². The first-order valence-electron chi connectivity index (χ1n) is 6.05. The van der Waals surface area contributed by atoms with Crippen LogP contribution in [-0.2, 0) is 6.54 Å². The van der Waals surface area contributed by atoms with E-state index in [1.165, 1.54) is 0 Å². The summed E-state index contributed by atoms with van der Waals surface area (Å²) in [6.45, 7) is 5.26. The van der Waals surface area contributed by atoms with Crippen molar-refractivity contribution in [2.45, 2.75) is 26.3 Å². The largest absolute Gasteiger partial charge is 0.396 e. The number of halogens is 1. The Hall–Kier alpha value is -0.640. The first-order chi connectivity index (χ1) is 8.13. The molecule has 2 rings (SSSR count). The van der Waals surface area contributed by atoms with Crippen LogP contribution >= 0.6 is 11.6 Å². The summed E-state index contributed by atoms with van der Waals surface area (Å²) < 4.78 is 0. The van der Waals surface area contributed by atoms with Crippen molar-refractivity contribution in [2.75, 3.05) is 19.7 Å². The van der Waals surface area contributed by atoms with Crippen molar-refractivity contribution in [3.05, 3.63) is 29.0 Å². The van der Waals surface area contributed by atoms with Gasteiger partial charge in [-0.05, 0) is 31.0 Å². The minimum absolute atomic E-state index is 0.0394. The van der Waals surface area contributed by atoms with E-state index >= 15 is 0 Å². The Morgan fingerprint density at radius 3 is 3.12 bits per heavy atom. The number of pyridine rings is 1. The average molecular weight is 255 g/mol. The van der Waals surface area contributed by atoms with Gasteiger partial charge in [0.1, 0.15) is 0 Å². The van der Waals surface area contributed by atoms with Crippen LogP contribution in [0.15, 0.2) is 18.5 Å². The summed E-state index contributed by atoms with van der Waals surface area (Å²) in [6.07, 6.45) is 5.70. The van der Waals surface area contributed by atoms with Gasteiger partial charge in [0.2, 0.25) is 0 Å². The fourth-order valence-corrected chi connectivity index (χ4v) is 2.64. The van der Waals surface area contributed by atoms with Gasteiger partial charge in [0.25, 0.3) is 0 Å². The zero-order valence-electron chi connectivity index (χ0n) is 10.2. The second-order valence-corrected chi connectivity index (χ2v) is 5.66. The molecule has 1 aromatic heterocycles. The smallest absolute Gasteiger partial charge is 0.0634 e. The molecule has 0 amide bonds. The number of hydrogen-bond acceptors (Lipinski definition) is 3. The Labute approximate surface area is 107 Å². The fraction of sp³-hybridized carbons (Fsp3) is 0.615. The number of aromatic nitrogens is 1. The molecule has 1 aliphatic heterocycles. The SMILES string of the molecule is CC1(CO)CCCN(Cc2ccncc2Cl)C1. The molecule has 0 aliphatic carbocycles. The lowest BCUT2D eigenvalue weighted by Gasteiger charge is -2.39. The topological polar surface area (TPSA) is 36.4 Å². The summed E-state index contributed by atoms with van der Waals surface area (Å²) in [7, 11) is 0. The van der Waals surface area contributed by atoms with E-state index in [1.807, 2.05) is 6.07 Å². The number of aliphatic hydroxyl groups is 1. The molecule has 1 aliphatic rings. The third-order valence-corrected chi connectivity index (χ3v) is 3.83. The van der Waals surface area contributed by atoms with Gasteiger partial charge in [0.15, 0.2) is 0 Å². The standard InChI is InChI=1S/C13H19ClN2O/c1-13(10-17)4-2-6-16(9-13)8-11-3-5-15-7-12(11)14/h3,5,7,17H,2,4,6,8-10H2,1H3. The van der Waals surface area contributed by atoms with Crippen molar-refractivity contribution >= 4 is 11.6 Å². The lowest BCUT2D eigenvalue weighted by Crippen LogP contribution is -2.43. The van der Waals surface area contributed by atoms with Gasteiger partial charge in [-0.2, -0.15) is 0 Å². The second kappa shape index (κ2) is 5.34. The Kier molecular flexibility index (Phi) is 4.02. The van der Waals surface area contributed by atoms with Crippen LogP contribution in [0.2, 0.25) is 5.02 Å². The summed E-state index contributed by atoms with van der Waals surface area (Å²) in [5, 5.41) is 10.2. The van der Waals surface area contributed by atoms with E-state index in [0.29, 0.717) is 0 Å². The molecule has 0 bridgehead atoms. The Morgan fingerprint density at radius 1 is 1.59 bits per heavy atom. The molecule has 3 nitrogen and oxygen atoms in total. The van der Waals surface area contributed by atoms with Crippen LogP contribution in [0.1, 0.15) is 25.3 Å². The molecule has 1 fully saturated rings. The van der Waals surface area contributed by atoms with E-state index in [4.69, 9.17) is 11.6 Å². The zero-order valence-corrected chi connectivity index (χ0v) is 11.0. The van der Waals surface area contributed by atoms with Crippen LogP contribution in [0.3, 0.4) is 0 Å². The maximum absolute atomic E-state index is 9.43. The van der Waals surface area contributed by atoms with Gasteiger partial charge in [-0.1, -0.05) is 18.5 Å². The van der Waals surface area contributed by atoms with Gasteiger partial charge >= 0.3 is 0 Å². The third-order valence-electron chi connectivity index (χ3n) is 3.49. The van der Waals surface area contributed by atoms with E-state index in [1.54, 1.807) is 12.4 Å². The van der Waals surface area contributed by atoms with E-state index < -0.39 is 0 Å². The summed E-state index contributed by atoms with van der Waals surface area (Å²) in [5.74, 6) is 0. The molecule has 0 saturated carbocycles. The number of nitrogens with zero attached hydrogens (tertiary/aromatic N) is 2. The fourth-order valence-electron chi connectivity index (χ4n) is 2.46. The minimum Gasteiger partial charge on any atom is -0.396 e. The normalized spacial score (nSPS) is 26.1. The molecule has 1 N–H and O–H groups in total. The summed E-state index contributed by atoms with van der Waals surface area (Å²) >= 11 is 6.11. The summed E-state index contributed by atoms with van der Waals surface area (Å²) in [5.41, 5.74) is 1.15. The predicted molar refractivity (Wildman–Crippen MR) is 69.0 cm³/mol. The van der Waals surface area contributed by atoms with Gasteiger partial charge in [-0.3, -0.25) is 9.88 Å². The second-order valence-electron chi connectivity index (χ2n) is 5.25. The molecule has 17 heavy (non-hydrogen) atoms. The zero-order chi connectivity index (χ0) is 12.3. The van der Waals surface area contributed by atoms with Crippen LogP contribution in [0.5, 0.6) is 0 Å². The first-order valence-corrected chi connectivity index (χ1v) is 6.42. The highest BCUT2D eigenvalue weighted by molar-refractivity contribution is 6.31. The molecule has 2 heterocycles. The van der Waals surface area contributed by atoms with Gasteiger partial charge in [-0.25, -0.2) is 0 Å². The Morgan fingerprint density at radius 2 is 2.41 bits per heavy atom. The lowest BCUT2D eigenvalue weighted by atomic mass is 9.82. The number of piperidine rings is 1. The molecule has 4 heteroatoms. The Balaban J connectivity index is 2.02. The van der Waals surface area contributed by atoms with Crippen molar-refractivity contribution in [3.8, 4) is 0 Å². The molecule has 94 valence electrons. The number of likely N-dealkylation sites (tertiary alicyclic amines) is 1. The summed E-state index contributed by atoms with van der Waals surface area (Å²) in [6, 6.07) is 1.97. The molecule has 1 aromatic rings. The van der Waals surface area contributed by atoms with Gasteiger partial charge in [0, 0.05) is 37.5 Å². The van der Waals surface area contributed by atoms with Crippen LogP contribution < -0.4 is 0 Å². The van der Waals surface area contributed by atoms with Crippen molar-refractivity contribution in [1.82, 2.24) is 9.88 Å². The third kappa shape index (κ3) is 3.18. The van der Waals surface area contributed by atoms with Crippen LogP contribution in [-0.4, -0.2) is 34.7 Å². The maximum Gasteiger partial charge on any atom is 0.0634 e. The van der Waals surface area contributed by atoms with E-state index in [-0.39, 0.29) is 12.0 Å². The van der Waals surface area contributed by atoms with E-state index in [0.717, 1.165) is 43.1 Å². The maximum atomic E-state index is 9.43. The van der Waals surface area contributed by atoms with E-state index in [9.17, 15) is 5.11 Å². The average Bonchev–Trinajstić information content (AvgIpc) is 2.32.